The standard InChI is InChI=1S/C30H23N3O3S/c1-2-36-29(35)25-26(19-11-5-3-6-12-19)32-30-33(27(25)20-13-7-4-8-14-20)28(34)24(37-30)17-21-18-31-23-16-10-9-15-22(21)23/h3-18,27,31H,2H2,1H3/b24-17+/t27-/m1/s1. The van der Waals surface area contributed by atoms with Gasteiger partial charge in [-0.15, -0.1) is 0 Å². The highest BCUT2D eigenvalue weighted by molar-refractivity contribution is 7.07. The molecule has 3 heterocycles. The zero-order valence-corrected chi connectivity index (χ0v) is 20.9. The zero-order valence-electron chi connectivity index (χ0n) is 20.0. The number of esters is 1. The molecule has 3 aromatic carbocycles. The quantitative estimate of drug-likeness (QED) is 0.360. The van der Waals surface area contributed by atoms with Gasteiger partial charge >= 0.3 is 5.97 Å². The summed E-state index contributed by atoms with van der Waals surface area (Å²) < 4.78 is 7.67. The second kappa shape index (κ2) is 9.52. The smallest absolute Gasteiger partial charge is 0.338 e. The van der Waals surface area contributed by atoms with Crippen molar-refractivity contribution in [3.63, 3.8) is 0 Å². The molecule has 37 heavy (non-hydrogen) atoms. The van der Waals surface area contributed by atoms with Gasteiger partial charge in [0.05, 0.1) is 28.5 Å². The predicted octanol–water partition coefficient (Wildman–Crippen LogP) is 4.42. The number of nitrogens with one attached hydrogen (secondary N) is 1. The van der Waals surface area contributed by atoms with E-state index < -0.39 is 12.0 Å². The van der Waals surface area contributed by atoms with Crippen LogP contribution < -0.4 is 14.9 Å². The van der Waals surface area contributed by atoms with Gasteiger partial charge in [-0.2, -0.15) is 0 Å². The second-order valence-corrected chi connectivity index (χ2v) is 9.64. The van der Waals surface area contributed by atoms with E-state index in [9.17, 15) is 9.59 Å². The molecular formula is C30H23N3O3S. The molecule has 0 fully saturated rings. The minimum Gasteiger partial charge on any atom is -0.463 e. The van der Waals surface area contributed by atoms with Gasteiger partial charge in [0, 0.05) is 28.2 Å². The lowest BCUT2D eigenvalue weighted by molar-refractivity contribution is -0.138. The maximum atomic E-state index is 13.9. The summed E-state index contributed by atoms with van der Waals surface area (Å²) in [5, 5.41) is 1.03. The number of carbonyl (C=O) groups is 1. The Bertz CT molecular complexity index is 1830. The number of H-pyrrole nitrogens is 1. The van der Waals surface area contributed by atoms with E-state index in [0.717, 1.165) is 27.6 Å². The topological polar surface area (TPSA) is 76.4 Å². The summed E-state index contributed by atoms with van der Waals surface area (Å²) in [5.74, 6) is -0.482. The third kappa shape index (κ3) is 4.03. The van der Waals surface area contributed by atoms with Gasteiger partial charge in [-0.05, 0) is 24.6 Å². The maximum Gasteiger partial charge on any atom is 0.338 e. The van der Waals surface area contributed by atoms with E-state index in [2.05, 4.69) is 4.98 Å². The lowest BCUT2D eigenvalue weighted by Gasteiger charge is -2.25. The minimum atomic E-state index is -0.670. The summed E-state index contributed by atoms with van der Waals surface area (Å²) in [7, 11) is 0. The van der Waals surface area contributed by atoms with Crippen molar-refractivity contribution in [2.45, 2.75) is 13.0 Å². The van der Waals surface area contributed by atoms with E-state index in [-0.39, 0.29) is 12.2 Å². The van der Waals surface area contributed by atoms with Gasteiger partial charge in [-0.3, -0.25) is 9.36 Å². The number of hydrogen-bond acceptors (Lipinski definition) is 5. The molecule has 0 bridgehead atoms. The Kier molecular flexibility index (Phi) is 5.90. The van der Waals surface area contributed by atoms with Gasteiger partial charge < -0.3 is 9.72 Å². The van der Waals surface area contributed by atoms with Gasteiger partial charge in [0.2, 0.25) is 0 Å². The predicted molar refractivity (Wildman–Crippen MR) is 146 cm³/mol. The number of nitrogens with zero attached hydrogens (tertiary/aromatic N) is 2. The Labute approximate surface area is 216 Å². The van der Waals surface area contributed by atoms with Crippen molar-refractivity contribution < 1.29 is 9.53 Å². The van der Waals surface area contributed by atoms with E-state index in [1.54, 1.807) is 11.5 Å². The van der Waals surface area contributed by atoms with E-state index in [0.29, 0.717) is 20.6 Å². The number of ether oxygens (including phenoxy) is 1. The first-order valence-electron chi connectivity index (χ1n) is 12.0. The highest BCUT2D eigenvalue weighted by atomic mass is 32.1. The van der Waals surface area contributed by atoms with Crippen LogP contribution in [0.4, 0.5) is 0 Å². The van der Waals surface area contributed by atoms with Gasteiger partial charge in [-0.25, -0.2) is 9.79 Å². The molecule has 0 amide bonds. The van der Waals surface area contributed by atoms with Crippen LogP contribution in [0.15, 0.2) is 106 Å². The molecule has 1 aliphatic rings. The number of aromatic amines is 1. The van der Waals surface area contributed by atoms with Crippen LogP contribution in [0.2, 0.25) is 0 Å². The Morgan fingerprint density at radius 3 is 2.49 bits per heavy atom. The molecule has 1 N–H and O–H groups in total. The summed E-state index contributed by atoms with van der Waals surface area (Å²) in [4.78, 5) is 36.0. The Hall–Kier alpha value is -4.49. The van der Waals surface area contributed by atoms with Crippen LogP contribution in [0.25, 0.3) is 22.7 Å². The molecule has 7 heteroatoms. The molecule has 0 spiro atoms. The number of benzene rings is 3. The normalized spacial score (nSPS) is 15.5. The van der Waals surface area contributed by atoms with Crippen molar-refractivity contribution in [2.75, 3.05) is 6.61 Å². The Morgan fingerprint density at radius 1 is 1.03 bits per heavy atom. The third-order valence-electron chi connectivity index (χ3n) is 6.40. The van der Waals surface area contributed by atoms with Crippen LogP contribution in [-0.2, 0) is 9.53 Å². The number of rotatable bonds is 5. The molecule has 5 aromatic rings. The van der Waals surface area contributed by atoms with E-state index in [1.807, 2.05) is 97.2 Å². The molecular weight excluding hydrogens is 482 g/mol. The van der Waals surface area contributed by atoms with Crippen LogP contribution in [0.5, 0.6) is 0 Å². The molecule has 182 valence electrons. The largest absolute Gasteiger partial charge is 0.463 e. The van der Waals surface area contributed by atoms with E-state index in [1.165, 1.54) is 11.3 Å². The molecule has 1 atom stereocenters. The molecule has 6 nitrogen and oxygen atoms in total. The third-order valence-corrected chi connectivity index (χ3v) is 7.38. The summed E-state index contributed by atoms with van der Waals surface area (Å²) in [6.07, 6.45) is 3.79. The van der Waals surface area contributed by atoms with Crippen LogP contribution in [-0.4, -0.2) is 22.1 Å². The average Bonchev–Trinajstić information content (AvgIpc) is 3.49. The number of aromatic nitrogens is 2. The summed E-state index contributed by atoms with van der Waals surface area (Å²) in [5.41, 5.74) is 4.20. The molecule has 0 radical (unpaired) electrons. The first kappa shape index (κ1) is 22.9. The van der Waals surface area contributed by atoms with Crippen LogP contribution in [0.3, 0.4) is 0 Å². The van der Waals surface area contributed by atoms with E-state index in [4.69, 9.17) is 9.73 Å². The monoisotopic (exact) mass is 505 g/mol. The lowest BCUT2D eigenvalue weighted by Crippen LogP contribution is -2.39. The summed E-state index contributed by atoms with van der Waals surface area (Å²) in [6.45, 7) is 1.99. The fourth-order valence-electron chi connectivity index (χ4n) is 4.75. The SMILES string of the molecule is CCOC(=O)C1=C(c2ccccc2)N=c2s/c(=C/c3c[nH]c4ccccc34)c(=O)n2[C@@H]1c1ccccc1. The van der Waals surface area contributed by atoms with Crippen molar-refractivity contribution in [1.29, 1.82) is 0 Å². The van der Waals surface area contributed by atoms with Crippen LogP contribution in [0.1, 0.15) is 29.7 Å². The zero-order chi connectivity index (χ0) is 25.4. The first-order chi connectivity index (χ1) is 18.2. The molecule has 6 rings (SSSR count). The number of carbonyl (C=O) groups excluding carboxylic acids is 1. The molecule has 0 saturated carbocycles. The number of thiazole rings is 1. The molecule has 0 aliphatic carbocycles. The van der Waals surface area contributed by atoms with Crippen molar-refractivity contribution in [1.82, 2.24) is 9.55 Å². The van der Waals surface area contributed by atoms with Crippen molar-refractivity contribution in [2.24, 2.45) is 4.99 Å². The molecule has 0 saturated heterocycles. The van der Waals surface area contributed by atoms with Crippen molar-refractivity contribution >= 4 is 40.0 Å². The van der Waals surface area contributed by atoms with Crippen molar-refractivity contribution in [3.8, 4) is 0 Å². The lowest BCUT2D eigenvalue weighted by atomic mass is 9.93. The summed E-state index contributed by atoms with van der Waals surface area (Å²) >= 11 is 1.32. The summed E-state index contributed by atoms with van der Waals surface area (Å²) in [6, 6.07) is 26.4. The highest BCUT2D eigenvalue weighted by Crippen LogP contribution is 2.35. The number of fused-ring (bicyclic) bond motifs is 2. The van der Waals surface area contributed by atoms with Gasteiger partial charge in [0.25, 0.3) is 5.56 Å². The number of para-hydroxylation sites is 1. The average molecular weight is 506 g/mol. The Morgan fingerprint density at radius 2 is 1.73 bits per heavy atom. The number of hydrogen-bond donors (Lipinski definition) is 1. The maximum absolute atomic E-state index is 13.9. The fraction of sp³-hybridized carbons (Fsp3) is 0.100. The minimum absolute atomic E-state index is 0.197. The highest BCUT2D eigenvalue weighted by Gasteiger charge is 2.35. The van der Waals surface area contributed by atoms with Crippen LogP contribution in [0, 0.1) is 0 Å². The van der Waals surface area contributed by atoms with Crippen molar-refractivity contribution in [3.05, 3.63) is 133 Å². The Balaban J connectivity index is 1.65. The second-order valence-electron chi connectivity index (χ2n) is 8.63. The van der Waals surface area contributed by atoms with E-state index >= 15 is 0 Å². The van der Waals surface area contributed by atoms with Gasteiger partial charge in [0.15, 0.2) is 4.80 Å². The van der Waals surface area contributed by atoms with Gasteiger partial charge in [0.1, 0.15) is 0 Å². The van der Waals surface area contributed by atoms with Gasteiger partial charge in [-0.1, -0.05) is 90.2 Å². The first-order valence-corrected chi connectivity index (χ1v) is 12.9. The molecule has 0 unspecified atom stereocenters. The fourth-order valence-corrected chi connectivity index (χ4v) is 5.74. The molecule has 1 aliphatic heterocycles. The molecule has 2 aromatic heterocycles. The van der Waals surface area contributed by atoms with Crippen LogP contribution >= 0.6 is 11.3 Å².